The van der Waals surface area contributed by atoms with E-state index in [1.807, 2.05) is 64.2 Å². The zero-order valence-electron chi connectivity index (χ0n) is 26.8. The molecule has 2 heterocycles. The third-order valence-electron chi connectivity index (χ3n) is 8.45. The molecule has 0 aliphatic heterocycles. The molecule has 11 heteroatoms. The standard InChI is InChI=1S/C35H42N6O5/c1-21-19-37-16-15-27(21)24-9-5-22(6-10-24)17-29(36)33(44)41(26-13-14-28-30(18-26)39-40-31(28)42)32(43)25-11-7-23(8-12-25)20-38-34(45)46-35(2,3)4/h5-6,9-10,13-16,18-19,23,25,29H,7-8,11-12,17,20,36H2,1-4H3,(H,38,45)(H2,39,40,42)/t23?,25?,29-/m0/s1. The molecule has 1 atom stereocenters. The summed E-state index contributed by atoms with van der Waals surface area (Å²) < 4.78 is 5.34. The van der Waals surface area contributed by atoms with Gasteiger partial charge < -0.3 is 15.8 Å². The van der Waals surface area contributed by atoms with E-state index >= 15 is 0 Å². The number of benzene rings is 2. The number of carbonyl (C=O) groups is 3. The van der Waals surface area contributed by atoms with Crippen molar-refractivity contribution in [2.75, 3.05) is 11.4 Å². The van der Waals surface area contributed by atoms with Gasteiger partial charge in [-0.05, 0) is 112 Å². The highest BCUT2D eigenvalue weighted by Crippen LogP contribution is 2.32. The number of aromatic nitrogens is 3. The van der Waals surface area contributed by atoms with Crippen molar-refractivity contribution in [3.8, 4) is 11.1 Å². The molecule has 0 unspecified atom stereocenters. The van der Waals surface area contributed by atoms with Gasteiger partial charge in [-0.15, -0.1) is 0 Å². The number of rotatable bonds is 8. The molecule has 242 valence electrons. The number of hydrogen-bond donors (Lipinski definition) is 4. The number of imide groups is 1. The third kappa shape index (κ3) is 7.71. The van der Waals surface area contributed by atoms with Crippen LogP contribution in [0.1, 0.15) is 57.6 Å². The van der Waals surface area contributed by atoms with Crippen LogP contribution in [-0.4, -0.2) is 51.3 Å². The summed E-state index contributed by atoms with van der Waals surface area (Å²) in [5, 5.41) is 8.61. The number of ether oxygens (including phenoxy) is 1. The van der Waals surface area contributed by atoms with E-state index < -0.39 is 29.6 Å². The molecule has 2 aromatic heterocycles. The first-order chi connectivity index (χ1) is 21.9. The van der Waals surface area contributed by atoms with Crippen molar-refractivity contribution >= 4 is 34.5 Å². The monoisotopic (exact) mass is 626 g/mol. The lowest BCUT2D eigenvalue weighted by Crippen LogP contribution is -2.50. The number of alkyl carbamates (subject to hydrolysis) is 1. The number of anilines is 1. The molecule has 0 saturated heterocycles. The molecule has 11 nitrogen and oxygen atoms in total. The highest BCUT2D eigenvalue weighted by atomic mass is 16.6. The van der Waals surface area contributed by atoms with Gasteiger partial charge in [-0.3, -0.25) is 29.6 Å². The van der Waals surface area contributed by atoms with Gasteiger partial charge in [-0.2, -0.15) is 0 Å². The Morgan fingerprint density at radius 3 is 2.43 bits per heavy atom. The number of aryl methyl sites for hydroxylation is 1. The van der Waals surface area contributed by atoms with Gasteiger partial charge in [0.2, 0.25) is 5.91 Å². The van der Waals surface area contributed by atoms with Crippen LogP contribution >= 0.6 is 0 Å². The first kappa shape index (κ1) is 32.6. The van der Waals surface area contributed by atoms with Crippen LogP contribution in [0.4, 0.5) is 10.5 Å². The fourth-order valence-electron chi connectivity index (χ4n) is 5.99. The maximum atomic E-state index is 14.1. The second-order valence-corrected chi connectivity index (χ2v) is 13.1. The van der Waals surface area contributed by atoms with Crippen molar-refractivity contribution in [3.63, 3.8) is 0 Å². The second kappa shape index (κ2) is 13.7. The van der Waals surface area contributed by atoms with Crippen LogP contribution in [-0.2, 0) is 20.7 Å². The van der Waals surface area contributed by atoms with Crippen molar-refractivity contribution in [1.82, 2.24) is 20.5 Å². The molecule has 1 fully saturated rings. The molecule has 1 saturated carbocycles. The molecule has 0 spiro atoms. The number of nitrogens with one attached hydrogen (secondary N) is 3. The van der Waals surface area contributed by atoms with Crippen LogP contribution in [0.25, 0.3) is 22.0 Å². The summed E-state index contributed by atoms with van der Waals surface area (Å²) in [6, 6.07) is 13.7. The number of hydrogen-bond acceptors (Lipinski definition) is 7. The minimum atomic E-state index is -0.979. The Kier molecular flexibility index (Phi) is 9.71. The quantitative estimate of drug-likeness (QED) is 0.214. The smallest absolute Gasteiger partial charge is 0.407 e. The number of carbonyl (C=O) groups excluding carboxylic acids is 3. The van der Waals surface area contributed by atoms with Crippen molar-refractivity contribution in [2.45, 2.75) is 71.4 Å². The minimum absolute atomic E-state index is 0.197. The number of pyridine rings is 1. The van der Waals surface area contributed by atoms with E-state index in [1.165, 1.54) is 4.90 Å². The predicted octanol–water partition coefficient (Wildman–Crippen LogP) is 4.99. The van der Waals surface area contributed by atoms with Crippen molar-refractivity contribution in [1.29, 1.82) is 0 Å². The normalized spacial score (nSPS) is 17.3. The van der Waals surface area contributed by atoms with Crippen LogP contribution < -0.4 is 21.5 Å². The molecule has 5 rings (SSSR count). The highest BCUT2D eigenvalue weighted by Gasteiger charge is 2.35. The van der Waals surface area contributed by atoms with Gasteiger partial charge in [0.25, 0.3) is 11.5 Å². The van der Waals surface area contributed by atoms with E-state index in [4.69, 9.17) is 10.5 Å². The number of aromatic amines is 2. The summed E-state index contributed by atoms with van der Waals surface area (Å²) in [5.74, 6) is -1.02. The molecule has 0 bridgehead atoms. The Bertz CT molecular complexity index is 1760. The number of nitrogens with zero attached hydrogens (tertiary/aromatic N) is 2. The molecule has 46 heavy (non-hydrogen) atoms. The maximum Gasteiger partial charge on any atom is 0.407 e. The van der Waals surface area contributed by atoms with Gasteiger partial charge >= 0.3 is 6.09 Å². The van der Waals surface area contributed by atoms with Gasteiger partial charge in [0.1, 0.15) is 5.60 Å². The Hall–Kier alpha value is -4.77. The van der Waals surface area contributed by atoms with Crippen LogP contribution in [0.15, 0.2) is 65.7 Å². The zero-order chi connectivity index (χ0) is 33.0. The van der Waals surface area contributed by atoms with E-state index in [0.717, 1.165) is 22.3 Å². The molecule has 1 aliphatic carbocycles. The summed E-state index contributed by atoms with van der Waals surface area (Å²) >= 11 is 0. The lowest BCUT2D eigenvalue weighted by Gasteiger charge is -2.32. The fraction of sp³-hybridized carbons (Fsp3) is 0.400. The maximum absolute atomic E-state index is 14.1. The number of nitrogens with two attached hydrogens (primary N) is 1. The molecule has 4 aromatic rings. The first-order valence-corrected chi connectivity index (χ1v) is 15.7. The zero-order valence-corrected chi connectivity index (χ0v) is 26.8. The summed E-state index contributed by atoms with van der Waals surface area (Å²) in [7, 11) is 0. The van der Waals surface area contributed by atoms with Gasteiger partial charge in [0.15, 0.2) is 0 Å². The average Bonchev–Trinajstić information content (AvgIpc) is 3.40. The van der Waals surface area contributed by atoms with E-state index in [0.29, 0.717) is 48.8 Å². The lowest BCUT2D eigenvalue weighted by molar-refractivity contribution is -0.130. The third-order valence-corrected chi connectivity index (χ3v) is 8.45. The van der Waals surface area contributed by atoms with Gasteiger partial charge in [0.05, 0.1) is 22.6 Å². The molecular weight excluding hydrogens is 584 g/mol. The highest BCUT2D eigenvalue weighted by molar-refractivity contribution is 6.17. The first-order valence-electron chi connectivity index (χ1n) is 15.7. The Balaban J connectivity index is 1.30. The van der Waals surface area contributed by atoms with Gasteiger partial charge in [-0.1, -0.05) is 24.3 Å². The fourth-order valence-corrected chi connectivity index (χ4v) is 5.99. The lowest BCUT2D eigenvalue weighted by atomic mass is 9.81. The van der Waals surface area contributed by atoms with Crippen LogP contribution in [0.3, 0.4) is 0 Å². The topological polar surface area (TPSA) is 163 Å². The Morgan fingerprint density at radius 1 is 1.04 bits per heavy atom. The summed E-state index contributed by atoms with van der Waals surface area (Å²) in [4.78, 5) is 57.6. The number of fused-ring (bicyclic) bond motifs is 1. The molecular formula is C35H42N6O5. The van der Waals surface area contributed by atoms with Crippen molar-refractivity contribution in [2.24, 2.45) is 17.6 Å². The largest absolute Gasteiger partial charge is 0.444 e. The minimum Gasteiger partial charge on any atom is -0.444 e. The number of amides is 3. The Labute approximate surface area is 267 Å². The van der Waals surface area contributed by atoms with E-state index in [2.05, 4.69) is 20.5 Å². The number of H-pyrrole nitrogens is 2. The van der Waals surface area contributed by atoms with Crippen LogP contribution in [0.5, 0.6) is 0 Å². The van der Waals surface area contributed by atoms with Crippen LogP contribution in [0.2, 0.25) is 0 Å². The summed E-state index contributed by atoms with van der Waals surface area (Å²) in [5.41, 5.74) is 10.5. The van der Waals surface area contributed by atoms with Crippen molar-refractivity contribution in [3.05, 3.63) is 82.4 Å². The molecule has 2 aromatic carbocycles. The van der Waals surface area contributed by atoms with Gasteiger partial charge in [-0.25, -0.2) is 9.69 Å². The van der Waals surface area contributed by atoms with Crippen LogP contribution in [0, 0.1) is 18.8 Å². The van der Waals surface area contributed by atoms with Crippen molar-refractivity contribution < 1.29 is 19.1 Å². The van der Waals surface area contributed by atoms with E-state index in [9.17, 15) is 19.2 Å². The SMILES string of the molecule is Cc1cnccc1-c1ccc(C[C@H](N)C(=O)N(C(=O)C2CCC(CNC(=O)OC(C)(C)C)CC2)c2ccc3c(=O)[nH][nH]c3c2)cc1. The Morgan fingerprint density at radius 2 is 1.76 bits per heavy atom. The van der Waals surface area contributed by atoms with Gasteiger partial charge in [0, 0.05) is 24.9 Å². The second-order valence-electron chi connectivity index (χ2n) is 13.1. The molecule has 3 amide bonds. The summed E-state index contributed by atoms with van der Waals surface area (Å²) in [6.45, 7) is 7.90. The molecule has 5 N–H and O–H groups in total. The molecule has 1 aliphatic rings. The summed E-state index contributed by atoms with van der Waals surface area (Å²) in [6.07, 6.45) is 5.92. The van der Waals surface area contributed by atoms with E-state index in [1.54, 1.807) is 24.4 Å². The molecule has 0 radical (unpaired) electrons. The van der Waals surface area contributed by atoms with E-state index in [-0.39, 0.29) is 23.8 Å². The average molecular weight is 627 g/mol. The predicted molar refractivity (Wildman–Crippen MR) is 177 cm³/mol.